The van der Waals surface area contributed by atoms with Crippen LogP contribution in [0.2, 0.25) is 0 Å². The second-order valence-corrected chi connectivity index (χ2v) is 5.07. The van der Waals surface area contributed by atoms with E-state index in [0.29, 0.717) is 19.4 Å². The summed E-state index contributed by atoms with van der Waals surface area (Å²) in [6.07, 6.45) is 1.15. The number of aromatic nitrogens is 2. The molecule has 0 bridgehead atoms. The maximum Gasteiger partial charge on any atom is 0.264 e. The molecule has 0 aliphatic rings. The molecule has 1 rings (SSSR count). The van der Waals surface area contributed by atoms with Crippen molar-refractivity contribution in [2.75, 3.05) is 17.0 Å². The van der Waals surface area contributed by atoms with Gasteiger partial charge in [-0.3, -0.25) is 9.52 Å². The van der Waals surface area contributed by atoms with Crippen LogP contribution in [0.4, 0.5) is 5.82 Å². The Hall–Kier alpha value is -1.41. The number of rotatable bonds is 6. The van der Waals surface area contributed by atoms with Crippen LogP contribution in [0.15, 0.2) is 16.9 Å². The molecule has 0 aliphatic carbocycles. The first kappa shape index (κ1) is 12.7. The van der Waals surface area contributed by atoms with Gasteiger partial charge < -0.3 is 5.73 Å². The van der Waals surface area contributed by atoms with Crippen LogP contribution in [0.1, 0.15) is 12.8 Å². The lowest BCUT2D eigenvalue weighted by molar-refractivity contribution is 0.596. The van der Waals surface area contributed by atoms with Gasteiger partial charge >= 0.3 is 0 Å². The molecule has 1 aromatic rings. The molecule has 8 heteroatoms. The van der Waals surface area contributed by atoms with Gasteiger partial charge in [-0.15, -0.1) is 0 Å². The normalized spacial score (nSPS) is 11.3. The Kier molecular flexibility index (Phi) is 4.44. The zero-order valence-electron chi connectivity index (χ0n) is 8.64. The van der Waals surface area contributed by atoms with Crippen LogP contribution < -0.4 is 16.0 Å². The Morgan fingerprint density at radius 3 is 2.69 bits per heavy atom. The molecular formula is C8H14N4O3S. The van der Waals surface area contributed by atoms with E-state index in [0.717, 1.165) is 0 Å². The molecule has 4 N–H and O–H groups in total. The van der Waals surface area contributed by atoms with E-state index in [-0.39, 0.29) is 17.1 Å². The van der Waals surface area contributed by atoms with Gasteiger partial charge in [0.15, 0.2) is 5.82 Å². The number of unbranched alkanes of at least 4 members (excludes halogenated alkanes) is 1. The molecule has 0 atom stereocenters. The highest BCUT2D eigenvalue weighted by Gasteiger charge is 2.10. The van der Waals surface area contributed by atoms with Gasteiger partial charge in [0.05, 0.1) is 5.75 Å². The molecule has 0 radical (unpaired) electrons. The fraction of sp³-hybridized carbons (Fsp3) is 0.500. The smallest absolute Gasteiger partial charge is 0.264 e. The first-order chi connectivity index (χ1) is 7.53. The molecule has 0 aliphatic heterocycles. The average molecular weight is 246 g/mol. The second kappa shape index (κ2) is 5.61. The van der Waals surface area contributed by atoms with Gasteiger partial charge in [0.1, 0.15) is 0 Å². The quantitative estimate of drug-likeness (QED) is 0.571. The van der Waals surface area contributed by atoms with E-state index >= 15 is 0 Å². The molecule has 1 heterocycles. The fourth-order valence-electron chi connectivity index (χ4n) is 1.05. The van der Waals surface area contributed by atoms with E-state index in [4.69, 9.17) is 5.73 Å². The van der Waals surface area contributed by atoms with Crippen LogP contribution in [-0.2, 0) is 10.0 Å². The number of hydrogen-bond acceptors (Lipinski definition) is 5. The van der Waals surface area contributed by atoms with Crippen molar-refractivity contribution in [3.8, 4) is 0 Å². The zero-order valence-corrected chi connectivity index (χ0v) is 9.46. The van der Waals surface area contributed by atoms with Crippen molar-refractivity contribution in [2.45, 2.75) is 12.8 Å². The molecule has 0 spiro atoms. The SMILES string of the molecule is NCCCCS(=O)(=O)Nc1ccc(=O)[nH]n1. The summed E-state index contributed by atoms with van der Waals surface area (Å²) in [5, 5.41) is 5.68. The summed E-state index contributed by atoms with van der Waals surface area (Å²) in [4.78, 5) is 10.7. The van der Waals surface area contributed by atoms with Gasteiger partial charge in [0.2, 0.25) is 10.0 Å². The van der Waals surface area contributed by atoms with Crippen LogP contribution in [0.3, 0.4) is 0 Å². The van der Waals surface area contributed by atoms with Crippen molar-refractivity contribution in [2.24, 2.45) is 5.73 Å². The summed E-state index contributed by atoms with van der Waals surface area (Å²) < 4.78 is 25.2. The van der Waals surface area contributed by atoms with Crippen LogP contribution in [0.25, 0.3) is 0 Å². The van der Waals surface area contributed by atoms with Crippen molar-refractivity contribution >= 4 is 15.8 Å². The lowest BCUT2D eigenvalue weighted by Crippen LogP contribution is -2.19. The number of sulfonamides is 1. The fourth-order valence-corrected chi connectivity index (χ4v) is 2.17. The molecule has 0 unspecified atom stereocenters. The highest BCUT2D eigenvalue weighted by Crippen LogP contribution is 2.03. The predicted octanol–water partition coefficient (Wildman–Crippen LogP) is -0.750. The van der Waals surface area contributed by atoms with E-state index in [1.807, 2.05) is 0 Å². The van der Waals surface area contributed by atoms with Gasteiger partial charge in [-0.1, -0.05) is 0 Å². The highest BCUT2D eigenvalue weighted by molar-refractivity contribution is 7.92. The lowest BCUT2D eigenvalue weighted by Gasteiger charge is -2.05. The Balaban J connectivity index is 2.58. The highest BCUT2D eigenvalue weighted by atomic mass is 32.2. The summed E-state index contributed by atoms with van der Waals surface area (Å²) in [6, 6.07) is 2.50. The summed E-state index contributed by atoms with van der Waals surface area (Å²) in [5.74, 6) is 0.0951. The summed E-state index contributed by atoms with van der Waals surface area (Å²) in [7, 11) is -3.41. The Bertz CT molecular complexity index is 462. The molecule has 90 valence electrons. The molecular weight excluding hydrogens is 232 g/mol. The number of nitrogens with zero attached hydrogens (tertiary/aromatic N) is 1. The second-order valence-electron chi connectivity index (χ2n) is 3.22. The van der Waals surface area contributed by atoms with Crippen LogP contribution in [-0.4, -0.2) is 30.9 Å². The number of H-pyrrole nitrogens is 1. The molecule has 16 heavy (non-hydrogen) atoms. The molecule has 0 fully saturated rings. The maximum absolute atomic E-state index is 11.5. The maximum atomic E-state index is 11.5. The first-order valence-electron chi connectivity index (χ1n) is 4.80. The van der Waals surface area contributed by atoms with E-state index in [1.165, 1.54) is 12.1 Å². The molecule has 0 amide bonds. The minimum absolute atomic E-state index is 0.00892. The predicted molar refractivity (Wildman–Crippen MR) is 60.6 cm³/mol. The third-order valence-electron chi connectivity index (χ3n) is 1.81. The number of nitrogens with two attached hydrogens (primary N) is 1. The van der Waals surface area contributed by atoms with Crippen LogP contribution in [0, 0.1) is 0 Å². The van der Waals surface area contributed by atoms with Gasteiger partial charge in [-0.2, -0.15) is 5.10 Å². The number of nitrogens with one attached hydrogen (secondary N) is 2. The molecule has 1 aromatic heterocycles. The molecule has 0 saturated carbocycles. The van der Waals surface area contributed by atoms with Gasteiger partial charge in [0.25, 0.3) is 5.56 Å². The molecule has 0 aromatic carbocycles. The van der Waals surface area contributed by atoms with Crippen molar-refractivity contribution in [1.82, 2.24) is 10.2 Å². The van der Waals surface area contributed by atoms with Gasteiger partial charge in [0, 0.05) is 6.07 Å². The number of aromatic amines is 1. The monoisotopic (exact) mass is 246 g/mol. The largest absolute Gasteiger partial charge is 0.330 e. The van der Waals surface area contributed by atoms with Crippen molar-refractivity contribution in [3.05, 3.63) is 22.5 Å². The van der Waals surface area contributed by atoms with Crippen molar-refractivity contribution < 1.29 is 8.42 Å². The van der Waals surface area contributed by atoms with Crippen LogP contribution >= 0.6 is 0 Å². The third-order valence-corrected chi connectivity index (χ3v) is 3.15. The minimum atomic E-state index is -3.41. The summed E-state index contributed by atoms with van der Waals surface area (Å²) in [6.45, 7) is 0.465. The van der Waals surface area contributed by atoms with Crippen LogP contribution in [0.5, 0.6) is 0 Å². The zero-order chi connectivity index (χ0) is 12.0. The van der Waals surface area contributed by atoms with E-state index in [2.05, 4.69) is 14.9 Å². The van der Waals surface area contributed by atoms with Crippen molar-refractivity contribution in [3.63, 3.8) is 0 Å². The average Bonchev–Trinajstić information content (AvgIpc) is 2.21. The minimum Gasteiger partial charge on any atom is -0.330 e. The summed E-state index contributed by atoms with van der Waals surface area (Å²) in [5.41, 5.74) is 4.88. The first-order valence-corrected chi connectivity index (χ1v) is 6.45. The summed E-state index contributed by atoms with van der Waals surface area (Å²) >= 11 is 0. The van der Waals surface area contributed by atoms with Gasteiger partial charge in [-0.25, -0.2) is 13.5 Å². The molecule has 0 saturated heterocycles. The Labute approximate surface area is 93.1 Å². The van der Waals surface area contributed by atoms with E-state index < -0.39 is 10.0 Å². The number of anilines is 1. The third kappa shape index (κ3) is 4.41. The lowest BCUT2D eigenvalue weighted by atomic mass is 10.3. The van der Waals surface area contributed by atoms with Gasteiger partial charge in [-0.05, 0) is 25.5 Å². The Morgan fingerprint density at radius 1 is 1.38 bits per heavy atom. The van der Waals surface area contributed by atoms with E-state index in [9.17, 15) is 13.2 Å². The topological polar surface area (TPSA) is 118 Å². The van der Waals surface area contributed by atoms with Crippen molar-refractivity contribution in [1.29, 1.82) is 0 Å². The Morgan fingerprint density at radius 2 is 2.12 bits per heavy atom. The standard InChI is InChI=1S/C8H14N4O3S/c9-5-1-2-6-16(14,15)12-7-3-4-8(13)11-10-7/h3-4H,1-2,5-6,9H2,(H,10,12)(H,11,13). The number of hydrogen-bond donors (Lipinski definition) is 3. The molecule has 7 nitrogen and oxygen atoms in total. The van der Waals surface area contributed by atoms with E-state index in [1.54, 1.807) is 0 Å².